The molecule has 1 aliphatic carbocycles. The second kappa shape index (κ2) is 4.13. The zero-order chi connectivity index (χ0) is 12.7. The van der Waals surface area contributed by atoms with Crippen LogP contribution in [-0.4, -0.2) is 19.9 Å². The Hall–Kier alpha value is -1.82. The molecule has 1 N–H and O–H groups in total. The van der Waals surface area contributed by atoms with Gasteiger partial charge in [-0.2, -0.15) is 0 Å². The summed E-state index contributed by atoms with van der Waals surface area (Å²) in [6.45, 7) is -0.235. The van der Waals surface area contributed by atoms with E-state index in [1.165, 1.54) is 12.1 Å². The smallest absolute Gasteiger partial charge is 0.164 e. The summed E-state index contributed by atoms with van der Waals surface area (Å²) >= 11 is 0. The summed E-state index contributed by atoms with van der Waals surface area (Å²) in [5, 5.41) is 17.0. The van der Waals surface area contributed by atoms with Gasteiger partial charge in [0.1, 0.15) is 18.2 Å². The standard InChI is InChI=1S/C12H11F2N3O/c13-8-3-7(4-9(14)5-8)12-16-15-11(6-18)17(12)10-1-2-10/h3-5,10,18H,1-2,6H2. The van der Waals surface area contributed by atoms with E-state index >= 15 is 0 Å². The maximum atomic E-state index is 13.2. The molecule has 0 radical (unpaired) electrons. The first-order valence-corrected chi connectivity index (χ1v) is 5.70. The lowest BCUT2D eigenvalue weighted by Gasteiger charge is -2.07. The van der Waals surface area contributed by atoms with Crippen LogP contribution in [0.25, 0.3) is 11.4 Å². The molecular formula is C12H11F2N3O. The Morgan fingerprint density at radius 1 is 1.17 bits per heavy atom. The van der Waals surface area contributed by atoms with E-state index in [1.54, 1.807) is 4.57 Å². The predicted octanol–water partition coefficient (Wildman–Crippen LogP) is 2.05. The second-order valence-corrected chi connectivity index (χ2v) is 4.36. The Labute approximate surface area is 102 Å². The topological polar surface area (TPSA) is 50.9 Å². The first-order chi connectivity index (χ1) is 8.69. The number of aromatic nitrogens is 3. The molecule has 0 atom stereocenters. The molecule has 2 aromatic rings. The number of rotatable bonds is 3. The van der Waals surface area contributed by atoms with Crippen LogP contribution in [0.5, 0.6) is 0 Å². The predicted molar refractivity (Wildman–Crippen MR) is 59.6 cm³/mol. The molecular weight excluding hydrogens is 240 g/mol. The highest BCUT2D eigenvalue weighted by Gasteiger charge is 2.29. The van der Waals surface area contributed by atoms with Crippen LogP contribution in [0.1, 0.15) is 24.7 Å². The summed E-state index contributed by atoms with van der Waals surface area (Å²) in [4.78, 5) is 0. The van der Waals surface area contributed by atoms with E-state index in [9.17, 15) is 13.9 Å². The number of benzene rings is 1. The molecule has 0 spiro atoms. The molecule has 0 amide bonds. The number of hydrogen-bond acceptors (Lipinski definition) is 3. The van der Waals surface area contributed by atoms with Gasteiger partial charge in [-0.15, -0.1) is 10.2 Å². The third-order valence-electron chi connectivity index (χ3n) is 2.94. The first kappa shape index (κ1) is 11.3. The second-order valence-electron chi connectivity index (χ2n) is 4.36. The molecule has 94 valence electrons. The van der Waals surface area contributed by atoms with Gasteiger partial charge in [-0.3, -0.25) is 0 Å². The zero-order valence-electron chi connectivity index (χ0n) is 9.48. The molecule has 1 aromatic heterocycles. The highest BCUT2D eigenvalue weighted by Crippen LogP contribution is 2.39. The normalized spacial score (nSPS) is 15.1. The largest absolute Gasteiger partial charge is 0.388 e. The Kier molecular flexibility index (Phi) is 2.59. The molecule has 3 rings (SSSR count). The van der Waals surface area contributed by atoms with E-state index in [4.69, 9.17) is 0 Å². The average Bonchev–Trinajstić information content (AvgIpc) is 3.07. The summed E-state index contributed by atoms with van der Waals surface area (Å²) in [5.41, 5.74) is 0.339. The molecule has 0 saturated heterocycles. The number of halogens is 2. The number of aliphatic hydroxyl groups is 1. The molecule has 0 bridgehead atoms. The maximum Gasteiger partial charge on any atom is 0.164 e. The van der Waals surface area contributed by atoms with Crippen LogP contribution < -0.4 is 0 Å². The van der Waals surface area contributed by atoms with Gasteiger partial charge in [0.2, 0.25) is 0 Å². The van der Waals surface area contributed by atoms with Crippen molar-refractivity contribution < 1.29 is 13.9 Å². The van der Waals surface area contributed by atoms with E-state index in [1.807, 2.05) is 0 Å². The van der Waals surface area contributed by atoms with Crippen molar-refractivity contribution in [3.05, 3.63) is 35.7 Å². The van der Waals surface area contributed by atoms with Crippen LogP contribution in [0.2, 0.25) is 0 Å². The molecule has 6 heteroatoms. The molecule has 1 heterocycles. The van der Waals surface area contributed by atoms with E-state index in [0.717, 1.165) is 18.9 Å². The summed E-state index contributed by atoms with van der Waals surface area (Å²) in [6, 6.07) is 3.47. The Bertz CT molecular complexity index is 573. The van der Waals surface area contributed by atoms with Crippen LogP contribution in [-0.2, 0) is 6.61 Å². The summed E-state index contributed by atoms with van der Waals surface area (Å²) in [6.07, 6.45) is 1.94. The van der Waals surface area contributed by atoms with Crippen molar-refractivity contribution in [3.8, 4) is 11.4 Å². The fraction of sp³-hybridized carbons (Fsp3) is 0.333. The lowest BCUT2D eigenvalue weighted by Crippen LogP contribution is -2.03. The minimum atomic E-state index is -0.652. The minimum absolute atomic E-state index is 0.225. The van der Waals surface area contributed by atoms with Crippen molar-refractivity contribution >= 4 is 0 Å². The third-order valence-corrected chi connectivity index (χ3v) is 2.94. The zero-order valence-corrected chi connectivity index (χ0v) is 9.48. The molecule has 0 unspecified atom stereocenters. The average molecular weight is 251 g/mol. The van der Waals surface area contributed by atoms with Crippen LogP contribution in [0, 0.1) is 11.6 Å². The van der Waals surface area contributed by atoms with Gasteiger partial charge in [-0.05, 0) is 25.0 Å². The summed E-state index contributed by atoms with van der Waals surface area (Å²) in [5.74, 6) is -0.473. The Morgan fingerprint density at radius 3 is 2.39 bits per heavy atom. The SMILES string of the molecule is OCc1nnc(-c2cc(F)cc(F)c2)n1C1CC1. The molecule has 1 aliphatic rings. The summed E-state index contributed by atoms with van der Waals surface area (Å²) in [7, 11) is 0. The van der Waals surface area contributed by atoms with Crippen LogP contribution in [0.15, 0.2) is 18.2 Å². The third kappa shape index (κ3) is 1.88. The van der Waals surface area contributed by atoms with Gasteiger partial charge in [0.05, 0.1) is 0 Å². The van der Waals surface area contributed by atoms with Gasteiger partial charge in [-0.1, -0.05) is 0 Å². The fourth-order valence-corrected chi connectivity index (χ4v) is 2.03. The monoisotopic (exact) mass is 251 g/mol. The van der Waals surface area contributed by atoms with E-state index in [0.29, 0.717) is 17.2 Å². The number of hydrogen-bond donors (Lipinski definition) is 1. The number of nitrogens with zero attached hydrogens (tertiary/aromatic N) is 3. The van der Waals surface area contributed by atoms with Crippen molar-refractivity contribution in [1.82, 2.24) is 14.8 Å². The summed E-state index contributed by atoms with van der Waals surface area (Å²) < 4.78 is 28.2. The van der Waals surface area contributed by atoms with E-state index < -0.39 is 11.6 Å². The first-order valence-electron chi connectivity index (χ1n) is 5.70. The quantitative estimate of drug-likeness (QED) is 0.908. The molecule has 1 saturated carbocycles. The molecule has 1 aromatic carbocycles. The maximum absolute atomic E-state index is 13.2. The van der Waals surface area contributed by atoms with Crippen molar-refractivity contribution in [2.75, 3.05) is 0 Å². The van der Waals surface area contributed by atoms with E-state index in [-0.39, 0.29) is 12.6 Å². The van der Waals surface area contributed by atoms with Crippen LogP contribution in [0.4, 0.5) is 8.78 Å². The van der Waals surface area contributed by atoms with Crippen LogP contribution in [0.3, 0.4) is 0 Å². The minimum Gasteiger partial charge on any atom is -0.388 e. The van der Waals surface area contributed by atoms with Crippen molar-refractivity contribution in [1.29, 1.82) is 0 Å². The molecule has 1 fully saturated rings. The highest BCUT2D eigenvalue weighted by atomic mass is 19.1. The molecule has 18 heavy (non-hydrogen) atoms. The van der Waals surface area contributed by atoms with Gasteiger partial charge in [0, 0.05) is 17.7 Å². The lowest BCUT2D eigenvalue weighted by atomic mass is 10.2. The molecule has 0 aliphatic heterocycles. The van der Waals surface area contributed by atoms with E-state index in [2.05, 4.69) is 10.2 Å². The van der Waals surface area contributed by atoms with Crippen molar-refractivity contribution in [2.45, 2.75) is 25.5 Å². The van der Waals surface area contributed by atoms with Crippen molar-refractivity contribution in [3.63, 3.8) is 0 Å². The van der Waals surface area contributed by atoms with Gasteiger partial charge in [0.15, 0.2) is 11.6 Å². The van der Waals surface area contributed by atoms with Gasteiger partial charge < -0.3 is 9.67 Å². The lowest BCUT2D eigenvalue weighted by molar-refractivity contribution is 0.265. The number of aliphatic hydroxyl groups excluding tert-OH is 1. The molecule has 4 nitrogen and oxygen atoms in total. The van der Waals surface area contributed by atoms with Gasteiger partial charge in [-0.25, -0.2) is 8.78 Å². The van der Waals surface area contributed by atoms with Crippen LogP contribution >= 0.6 is 0 Å². The highest BCUT2D eigenvalue weighted by molar-refractivity contribution is 5.56. The fourth-order valence-electron chi connectivity index (χ4n) is 2.03. The van der Waals surface area contributed by atoms with Gasteiger partial charge >= 0.3 is 0 Å². The van der Waals surface area contributed by atoms with Gasteiger partial charge in [0.25, 0.3) is 0 Å². The Morgan fingerprint density at radius 2 is 1.83 bits per heavy atom. The van der Waals surface area contributed by atoms with Crippen molar-refractivity contribution in [2.24, 2.45) is 0 Å². The Balaban J connectivity index is 2.13.